The number of hydrazone groups is 1. The zero-order valence-corrected chi connectivity index (χ0v) is 10.8. The number of carbonyl (C=O) groups excluding carboxylic acids is 1. The van der Waals surface area contributed by atoms with Crippen molar-refractivity contribution in [3.05, 3.63) is 35.9 Å². The molecular formula is C11H13N3O3S. The molecule has 0 saturated carbocycles. The van der Waals surface area contributed by atoms with Crippen molar-refractivity contribution in [3.63, 3.8) is 0 Å². The van der Waals surface area contributed by atoms with Crippen LogP contribution in [0, 0.1) is 0 Å². The summed E-state index contributed by atoms with van der Waals surface area (Å²) in [6.45, 7) is 0. The van der Waals surface area contributed by atoms with Crippen LogP contribution in [0.15, 0.2) is 35.4 Å². The minimum absolute atomic E-state index is 0.0807. The van der Waals surface area contributed by atoms with Gasteiger partial charge in [0.15, 0.2) is 0 Å². The topological polar surface area (TPSA) is 63.2 Å². The summed E-state index contributed by atoms with van der Waals surface area (Å²) in [7, 11) is 2.77. The maximum absolute atomic E-state index is 11.7. The summed E-state index contributed by atoms with van der Waals surface area (Å²) in [4.78, 5) is 21.2. The van der Waals surface area contributed by atoms with Gasteiger partial charge in [0.2, 0.25) is 10.9 Å². The van der Waals surface area contributed by atoms with Crippen LogP contribution in [0.5, 0.6) is 0 Å². The quantitative estimate of drug-likeness (QED) is 0.374. The summed E-state index contributed by atoms with van der Waals surface area (Å²) in [5.41, 5.74) is 2.90. The van der Waals surface area contributed by atoms with E-state index in [1.165, 1.54) is 14.2 Å². The first kappa shape index (κ1) is 14.2. The maximum atomic E-state index is 11.7. The fourth-order valence-corrected chi connectivity index (χ4v) is 1.30. The lowest BCUT2D eigenvalue weighted by Gasteiger charge is -2.15. The Kier molecular flexibility index (Phi) is 5.92. The number of carbonyl (C=O) groups is 1. The molecule has 0 aromatic heterocycles. The molecule has 0 heterocycles. The van der Waals surface area contributed by atoms with Crippen LogP contribution in [0.1, 0.15) is 10.4 Å². The monoisotopic (exact) mass is 267 g/mol. The van der Waals surface area contributed by atoms with Crippen molar-refractivity contribution in [3.8, 4) is 0 Å². The summed E-state index contributed by atoms with van der Waals surface area (Å²) in [5.74, 6) is -0.252. The first-order chi connectivity index (χ1) is 8.69. The lowest BCUT2D eigenvalue weighted by atomic mass is 10.1. The highest BCUT2D eigenvalue weighted by atomic mass is 32.1. The molecular weight excluding hydrogens is 254 g/mol. The lowest BCUT2D eigenvalue weighted by Crippen LogP contribution is -2.35. The Bertz CT molecular complexity index is 436. The summed E-state index contributed by atoms with van der Waals surface area (Å²) >= 11 is 4.88. The molecule has 0 saturated heterocycles. The highest BCUT2D eigenvalue weighted by Crippen LogP contribution is 1.99. The fraction of sp³-hybridized carbons (Fsp3) is 0.182. The molecule has 0 radical (unpaired) electrons. The first-order valence-corrected chi connectivity index (χ1v) is 5.40. The van der Waals surface area contributed by atoms with Gasteiger partial charge in [-0.25, -0.2) is 5.48 Å². The first-order valence-electron chi connectivity index (χ1n) is 4.99. The number of rotatable bonds is 5. The predicted molar refractivity (Wildman–Crippen MR) is 70.9 cm³/mol. The molecule has 1 aromatic carbocycles. The fourth-order valence-electron chi connectivity index (χ4n) is 1.09. The number of hydroxylamine groups is 2. The average molecular weight is 267 g/mol. The van der Waals surface area contributed by atoms with Gasteiger partial charge in [-0.3, -0.25) is 14.5 Å². The number of thiocarbonyl (C=S) groups is 1. The highest BCUT2D eigenvalue weighted by molar-refractivity contribution is 7.80. The number of nitrogens with one attached hydrogen (secondary N) is 1. The molecule has 0 aliphatic heterocycles. The molecule has 7 heteroatoms. The van der Waals surface area contributed by atoms with Crippen molar-refractivity contribution >= 4 is 29.3 Å². The van der Waals surface area contributed by atoms with Gasteiger partial charge in [-0.05, 0) is 12.2 Å². The van der Waals surface area contributed by atoms with Gasteiger partial charge in [0, 0.05) is 5.56 Å². The van der Waals surface area contributed by atoms with Crippen LogP contribution in [0.2, 0.25) is 0 Å². The van der Waals surface area contributed by atoms with E-state index in [0.717, 1.165) is 11.4 Å². The second-order valence-corrected chi connectivity index (χ2v) is 3.43. The van der Waals surface area contributed by atoms with E-state index in [4.69, 9.17) is 17.1 Å². The summed E-state index contributed by atoms with van der Waals surface area (Å²) < 4.78 is 0. The van der Waals surface area contributed by atoms with Gasteiger partial charge < -0.3 is 0 Å². The van der Waals surface area contributed by atoms with Crippen LogP contribution in [0.3, 0.4) is 0 Å². The molecule has 0 aliphatic carbocycles. The zero-order valence-electron chi connectivity index (χ0n) is 9.99. The van der Waals surface area contributed by atoms with Gasteiger partial charge in [0.25, 0.3) is 0 Å². The van der Waals surface area contributed by atoms with Crippen molar-refractivity contribution in [2.45, 2.75) is 0 Å². The summed E-state index contributed by atoms with van der Waals surface area (Å²) in [5, 5.41) is 4.83. The van der Waals surface area contributed by atoms with Crippen LogP contribution in [0.25, 0.3) is 0 Å². The van der Waals surface area contributed by atoms with Crippen molar-refractivity contribution in [1.82, 2.24) is 10.7 Å². The van der Waals surface area contributed by atoms with E-state index < -0.39 is 0 Å². The van der Waals surface area contributed by atoms with Crippen molar-refractivity contribution in [2.24, 2.45) is 5.10 Å². The molecule has 1 aromatic rings. The smallest absolute Gasteiger partial charge is 0.242 e. The second-order valence-electron chi connectivity index (χ2n) is 3.04. The average Bonchev–Trinajstić information content (AvgIpc) is 2.40. The predicted octanol–water partition coefficient (Wildman–Crippen LogP) is 1.15. The van der Waals surface area contributed by atoms with Crippen LogP contribution in [-0.4, -0.2) is 36.5 Å². The molecule has 18 heavy (non-hydrogen) atoms. The Morgan fingerprint density at radius 3 is 2.61 bits per heavy atom. The molecule has 6 nitrogen and oxygen atoms in total. The standard InChI is InChI=1S/C11H13N3O3S/c1-16-13-11(18)14(17-2)12-8-10(15)9-6-4-3-5-7-9/h3-8H,1-2H3,(H,13,18)/b12-8+. The van der Waals surface area contributed by atoms with Crippen LogP contribution in [-0.2, 0) is 9.68 Å². The summed E-state index contributed by atoms with van der Waals surface area (Å²) in [6.07, 6.45) is 1.11. The molecule has 0 spiro atoms. The molecule has 0 unspecified atom stereocenters. The van der Waals surface area contributed by atoms with Gasteiger partial charge >= 0.3 is 0 Å². The Labute approximate surface area is 110 Å². The van der Waals surface area contributed by atoms with E-state index in [9.17, 15) is 4.79 Å². The third-order valence-electron chi connectivity index (χ3n) is 1.87. The Morgan fingerprint density at radius 2 is 2.06 bits per heavy atom. The van der Waals surface area contributed by atoms with Gasteiger partial charge in [-0.1, -0.05) is 30.3 Å². The number of benzene rings is 1. The number of hydrogen-bond acceptors (Lipinski definition) is 5. The Balaban J connectivity index is 2.67. The second kappa shape index (κ2) is 7.49. The minimum atomic E-state index is -0.252. The zero-order chi connectivity index (χ0) is 13.4. The highest BCUT2D eigenvalue weighted by Gasteiger charge is 2.07. The number of ketones is 1. The van der Waals surface area contributed by atoms with E-state index in [1.54, 1.807) is 24.3 Å². The molecule has 0 amide bonds. The van der Waals surface area contributed by atoms with Crippen molar-refractivity contribution in [2.75, 3.05) is 14.2 Å². The number of Topliss-reactive ketones (excluding diaryl/α,β-unsaturated/α-hetero) is 1. The van der Waals surface area contributed by atoms with Crippen LogP contribution < -0.4 is 5.48 Å². The van der Waals surface area contributed by atoms with E-state index >= 15 is 0 Å². The van der Waals surface area contributed by atoms with E-state index in [1.807, 2.05) is 6.07 Å². The third kappa shape index (κ3) is 4.21. The SMILES string of the molecule is CONC(=S)N(/N=C/C(=O)c1ccccc1)OC. The van der Waals surface area contributed by atoms with Gasteiger partial charge in [0.05, 0.1) is 20.4 Å². The molecule has 0 aliphatic rings. The van der Waals surface area contributed by atoms with Gasteiger partial charge in [0.1, 0.15) is 0 Å². The largest absolute Gasteiger partial charge is 0.287 e. The molecule has 96 valence electrons. The normalized spacial score (nSPS) is 10.3. The van der Waals surface area contributed by atoms with Gasteiger partial charge in [-0.15, -0.1) is 10.3 Å². The number of nitrogens with zero attached hydrogens (tertiary/aromatic N) is 2. The lowest BCUT2D eigenvalue weighted by molar-refractivity contribution is -0.0716. The Hall–Kier alpha value is -1.83. The molecule has 1 N–H and O–H groups in total. The molecule has 0 atom stereocenters. The summed E-state index contributed by atoms with van der Waals surface area (Å²) in [6, 6.07) is 8.75. The van der Waals surface area contributed by atoms with Crippen molar-refractivity contribution < 1.29 is 14.5 Å². The molecule has 0 fully saturated rings. The maximum Gasteiger partial charge on any atom is 0.242 e. The van der Waals surface area contributed by atoms with E-state index in [2.05, 4.69) is 15.4 Å². The Morgan fingerprint density at radius 1 is 1.39 bits per heavy atom. The molecule has 0 bridgehead atoms. The third-order valence-corrected chi connectivity index (χ3v) is 2.11. The minimum Gasteiger partial charge on any atom is -0.287 e. The molecule has 1 rings (SSSR count). The van der Waals surface area contributed by atoms with Gasteiger partial charge in [-0.2, -0.15) is 0 Å². The van der Waals surface area contributed by atoms with E-state index in [0.29, 0.717) is 5.56 Å². The van der Waals surface area contributed by atoms with Crippen LogP contribution in [0.4, 0.5) is 0 Å². The van der Waals surface area contributed by atoms with E-state index in [-0.39, 0.29) is 10.9 Å². The van der Waals surface area contributed by atoms with Crippen LogP contribution >= 0.6 is 12.2 Å². The number of hydrogen-bond donors (Lipinski definition) is 1. The van der Waals surface area contributed by atoms with Crippen molar-refractivity contribution in [1.29, 1.82) is 0 Å².